The number of thioether (sulfide) groups is 1. The van der Waals surface area contributed by atoms with Gasteiger partial charge in [0, 0.05) is 17.0 Å². The third-order valence-electron chi connectivity index (χ3n) is 4.28. The van der Waals surface area contributed by atoms with E-state index in [0.717, 1.165) is 28.4 Å². The summed E-state index contributed by atoms with van der Waals surface area (Å²) >= 11 is 1.73. The first-order valence-electron chi connectivity index (χ1n) is 7.20. The molecule has 1 aliphatic carbocycles. The van der Waals surface area contributed by atoms with E-state index in [1.54, 1.807) is 11.8 Å². The van der Waals surface area contributed by atoms with Crippen LogP contribution in [0.2, 0.25) is 0 Å². The topological polar surface area (TPSA) is 39.1 Å². The molecule has 0 saturated heterocycles. The number of nitrogens with one attached hydrogen (secondary N) is 1. The molecule has 0 aliphatic heterocycles. The van der Waals surface area contributed by atoms with Gasteiger partial charge in [0.25, 0.3) is 0 Å². The maximum Gasteiger partial charge on any atom is 0.102 e. The van der Waals surface area contributed by atoms with Crippen molar-refractivity contribution in [1.29, 1.82) is 5.26 Å². The number of anilines is 1. The van der Waals surface area contributed by atoms with E-state index >= 15 is 0 Å². The molecule has 1 saturated carbocycles. The van der Waals surface area contributed by atoms with Crippen LogP contribution >= 0.6 is 11.8 Å². The van der Waals surface area contributed by atoms with Crippen molar-refractivity contribution >= 4 is 17.4 Å². The van der Waals surface area contributed by atoms with Crippen molar-refractivity contribution in [3.63, 3.8) is 0 Å². The quantitative estimate of drug-likeness (QED) is 0.813. The minimum Gasteiger partial charge on any atom is -0.382 e. The van der Waals surface area contributed by atoms with E-state index in [0.29, 0.717) is 0 Å². The molecule has 0 aromatic heterocycles. The van der Waals surface area contributed by atoms with Gasteiger partial charge < -0.3 is 10.2 Å². The fourth-order valence-electron chi connectivity index (χ4n) is 2.70. The van der Waals surface area contributed by atoms with Crippen molar-refractivity contribution in [2.24, 2.45) is 0 Å². The second-order valence-electron chi connectivity index (χ2n) is 5.55. The van der Waals surface area contributed by atoms with E-state index in [-0.39, 0.29) is 5.54 Å². The third kappa shape index (κ3) is 2.94. The van der Waals surface area contributed by atoms with Gasteiger partial charge in [-0.3, -0.25) is 0 Å². The Morgan fingerprint density at radius 2 is 2.15 bits per heavy atom. The second kappa shape index (κ2) is 6.51. The van der Waals surface area contributed by atoms with Crippen molar-refractivity contribution in [3.05, 3.63) is 23.8 Å². The summed E-state index contributed by atoms with van der Waals surface area (Å²) in [4.78, 5) is 3.40. The maximum absolute atomic E-state index is 9.42. The molecule has 0 radical (unpaired) electrons. The number of nitriles is 1. The molecule has 0 spiro atoms. The fraction of sp³-hybridized carbons (Fsp3) is 0.562. The molecule has 1 N–H and O–H groups in total. The van der Waals surface area contributed by atoms with E-state index in [2.05, 4.69) is 37.3 Å². The van der Waals surface area contributed by atoms with E-state index in [1.165, 1.54) is 19.3 Å². The monoisotopic (exact) mass is 289 g/mol. The van der Waals surface area contributed by atoms with E-state index in [4.69, 9.17) is 0 Å². The fourth-order valence-corrected chi connectivity index (χ4v) is 3.48. The van der Waals surface area contributed by atoms with Gasteiger partial charge in [0.05, 0.1) is 11.3 Å². The largest absolute Gasteiger partial charge is 0.382 e. The lowest BCUT2D eigenvalue weighted by molar-refractivity contribution is 0.0739. The second-order valence-corrected chi connectivity index (χ2v) is 6.86. The van der Waals surface area contributed by atoms with Crippen LogP contribution < -0.4 is 5.32 Å². The summed E-state index contributed by atoms with van der Waals surface area (Å²) in [6.45, 7) is 3.02. The van der Waals surface area contributed by atoms with Crippen molar-refractivity contribution in [2.45, 2.75) is 36.6 Å². The summed E-state index contributed by atoms with van der Waals surface area (Å²) in [5, 5.41) is 12.9. The Kier molecular flexibility index (Phi) is 4.95. The summed E-state index contributed by atoms with van der Waals surface area (Å²) < 4.78 is 0. The lowest BCUT2D eigenvalue weighted by Gasteiger charge is -2.47. The number of nitrogens with zero attached hydrogens (tertiary/aromatic N) is 2. The summed E-state index contributed by atoms with van der Waals surface area (Å²) in [6.07, 6.45) is 3.77. The highest BCUT2D eigenvalue weighted by molar-refractivity contribution is 7.99. The maximum atomic E-state index is 9.42. The van der Waals surface area contributed by atoms with Crippen LogP contribution in [0.15, 0.2) is 23.1 Å². The highest BCUT2D eigenvalue weighted by atomic mass is 32.2. The predicted molar refractivity (Wildman–Crippen MR) is 86.3 cm³/mol. The lowest BCUT2D eigenvalue weighted by Crippen LogP contribution is -2.54. The van der Waals surface area contributed by atoms with Gasteiger partial charge in [-0.2, -0.15) is 5.26 Å². The Bertz CT molecular complexity index is 501. The van der Waals surface area contributed by atoms with E-state index < -0.39 is 0 Å². The summed E-state index contributed by atoms with van der Waals surface area (Å²) in [5.41, 5.74) is 2.02. The van der Waals surface area contributed by atoms with Crippen LogP contribution in [0.1, 0.15) is 31.7 Å². The third-order valence-corrected chi connectivity index (χ3v) is 5.22. The number of rotatable bonds is 6. The molecule has 2 rings (SSSR count). The first kappa shape index (κ1) is 15.2. The minimum atomic E-state index is 0.265. The predicted octanol–water partition coefficient (Wildman–Crippen LogP) is 3.57. The number of benzene rings is 1. The molecule has 1 aromatic carbocycles. The van der Waals surface area contributed by atoms with Crippen LogP contribution in [0.4, 0.5) is 5.69 Å². The van der Waals surface area contributed by atoms with Crippen molar-refractivity contribution in [1.82, 2.24) is 4.90 Å². The molecular weight excluding hydrogens is 266 g/mol. The first-order valence-corrected chi connectivity index (χ1v) is 8.19. The molecule has 0 atom stereocenters. The van der Waals surface area contributed by atoms with Crippen molar-refractivity contribution < 1.29 is 0 Å². The Morgan fingerprint density at radius 3 is 2.65 bits per heavy atom. The normalized spacial score (nSPS) is 16.6. The summed E-state index contributed by atoms with van der Waals surface area (Å²) in [6, 6.07) is 8.43. The van der Waals surface area contributed by atoms with E-state index in [1.807, 2.05) is 18.2 Å². The average molecular weight is 289 g/mol. The van der Waals surface area contributed by atoms with Crippen LogP contribution in [0.3, 0.4) is 0 Å². The van der Waals surface area contributed by atoms with Gasteiger partial charge in [0.15, 0.2) is 0 Å². The van der Waals surface area contributed by atoms with Gasteiger partial charge in [-0.05, 0) is 51.2 Å². The lowest BCUT2D eigenvalue weighted by atomic mass is 9.75. The van der Waals surface area contributed by atoms with Crippen LogP contribution in [-0.4, -0.2) is 36.8 Å². The Labute approximate surface area is 126 Å². The van der Waals surface area contributed by atoms with Crippen LogP contribution in [-0.2, 0) is 0 Å². The zero-order valence-electron chi connectivity index (χ0n) is 12.6. The summed E-state index contributed by atoms with van der Waals surface area (Å²) in [5.74, 6) is 0.986. The van der Waals surface area contributed by atoms with Crippen molar-refractivity contribution in [3.8, 4) is 6.07 Å². The molecule has 0 heterocycles. The van der Waals surface area contributed by atoms with Gasteiger partial charge in [0.2, 0.25) is 0 Å². The minimum absolute atomic E-state index is 0.265. The Morgan fingerprint density at radius 1 is 1.40 bits per heavy atom. The van der Waals surface area contributed by atoms with Gasteiger partial charge >= 0.3 is 0 Å². The van der Waals surface area contributed by atoms with Gasteiger partial charge in [-0.25, -0.2) is 0 Å². The van der Waals surface area contributed by atoms with Crippen LogP contribution in [0.25, 0.3) is 0 Å². The van der Waals surface area contributed by atoms with Crippen molar-refractivity contribution in [2.75, 3.05) is 31.7 Å². The highest BCUT2D eigenvalue weighted by Gasteiger charge is 2.38. The molecule has 3 nitrogen and oxygen atoms in total. The molecule has 1 aliphatic rings. The number of likely N-dealkylation sites (N-methyl/N-ethyl adjacent to an activating group) is 1. The summed E-state index contributed by atoms with van der Waals surface area (Å²) in [7, 11) is 4.30. The first-order chi connectivity index (χ1) is 9.63. The van der Waals surface area contributed by atoms with Crippen LogP contribution in [0, 0.1) is 11.3 Å². The molecular formula is C16H23N3S. The smallest absolute Gasteiger partial charge is 0.102 e. The number of hydrogen-bond acceptors (Lipinski definition) is 4. The molecule has 1 aromatic rings. The molecule has 20 heavy (non-hydrogen) atoms. The molecule has 0 bridgehead atoms. The van der Waals surface area contributed by atoms with Crippen LogP contribution in [0.5, 0.6) is 0 Å². The molecule has 4 heteroatoms. The number of hydrogen-bond donors (Lipinski definition) is 1. The molecule has 108 valence electrons. The van der Waals surface area contributed by atoms with E-state index in [9.17, 15) is 5.26 Å². The average Bonchev–Trinajstić information content (AvgIpc) is 2.37. The Balaban J connectivity index is 2.13. The SMILES string of the molecule is CCSc1cccc(NCC2(N(C)C)CCC2)c1C#N. The molecule has 0 unspecified atom stereocenters. The highest BCUT2D eigenvalue weighted by Crippen LogP contribution is 2.37. The Hall–Kier alpha value is -1.18. The van der Waals surface area contributed by atoms with Gasteiger partial charge in [-0.1, -0.05) is 13.0 Å². The molecule has 0 amide bonds. The zero-order valence-corrected chi connectivity index (χ0v) is 13.4. The standard InChI is InChI=1S/C16H23N3S/c1-4-20-15-8-5-7-14(13(15)11-17)18-12-16(19(2)3)9-6-10-16/h5,7-8,18H,4,6,9-10,12H2,1-3H3. The molecule has 1 fully saturated rings. The van der Waals surface area contributed by atoms with Gasteiger partial charge in [-0.15, -0.1) is 11.8 Å². The zero-order chi connectivity index (χ0) is 14.6. The van der Waals surface area contributed by atoms with Gasteiger partial charge in [0.1, 0.15) is 6.07 Å².